The van der Waals surface area contributed by atoms with Crippen molar-refractivity contribution < 1.29 is 19.1 Å². The normalized spacial score (nSPS) is 11.7. The molecule has 168 valence electrons. The summed E-state index contributed by atoms with van der Waals surface area (Å²) in [6.45, 7) is 8.73. The summed E-state index contributed by atoms with van der Waals surface area (Å²) in [5, 5.41) is 2.96. The van der Waals surface area contributed by atoms with Gasteiger partial charge in [-0.2, -0.15) is 0 Å². The van der Waals surface area contributed by atoms with Gasteiger partial charge in [-0.3, -0.25) is 9.59 Å². The Labute approximate surface area is 185 Å². The maximum absolute atomic E-state index is 13.2. The van der Waals surface area contributed by atoms with Gasteiger partial charge >= 0.3 is 0 Å². The first kappa shape index (κ1) is 24.3. The number of hydrogen-bond donors (Lipinski definition) is 1. The van der Waals surface area contributed by atoms with Crippen molar-refractivity contribution in [1.82, 2.24) is 10.2 Å². The molecule has 0 saturated carbocycles. The van der Waals surface area contributed by atoms with Crippen LogP contribution in [0.5, 0.6) is 11.5 Å². The summed E-state index contributed by atoms with van der Waals surface area (Å²) in [5.41, 5.74) is 2.11. The molecular weight excluding hydrogens is 392 g/mol. The first-order chi connectivity index (χ1) is 14.8. The number of benzene rings is 2. The quantitative estimate of drug-likeness (QED) is 0.591. The Morgan fingerprint density at radius 2 is 1.68 bits per heavy atom. The van der Waals surface area contributed by atoms with E-state index in [9.17, 15) is 9.59 Å². The summed E-state index contributed by atoms with van der Waals surface area (Å²) >= 11 is 0. The van der Waals surface area contributed by atoms with Crippen molar-refractivity contribution in [2.75, 3.05) is 20.3 Å². The number of para-hydroxylation sites is 2. The van der Waals surface area contributed by atoms with Crippen LogP contribution in [0.4, 0.5) is 0 Å². The molecule has 2 rings (SSSR count). The molecule has 0 aliphatic carbocycles. The monoisotopic (exact) mass is 426 g/mol. The number of aryl methyl sites for hydroxylation is 1. The van der Waals surface area contributed by atoms with E-state index in [1.54, 1.807) is 24.1 Å². The molecule has 2 amide bonds. The van der Waals surface area contributed by atoms with Gasteiger partial charge in [0.15, 0.2) is 18.1 Å². The van der Waals surface area contributed by atoms with E-state index in [1.807, 2.05) is 64.1 Å². The van der Waals surface area contributed by atoms with Gasteiger partial charge in [0.25, 0.3) is 5.91 Å². The summed E-state index contributed by atoms with van der Waals surface area (Å²) < 4.78 is 11.0. The third-order valence-electron chi connectivity index (χ3n) is 4.96. The van der Waals surface area contributed by atoms with Gasteiger partial charge in [0.05, 0.1) is 7.11 Å². The number of amides is 2. The predicted molar refractivity (Wildman–Crippen MR) is 122 cm³/mol. The molecule has 1 atom stereocenters. The first-order valence-electron chi connectivity index (χ1n) is 10.7. The van der Waals surface area contributed by atoms with Gasteiger partial charge in [-0.1, -0.05) is 62.7 Å². The Morgan fingerprint density at radius 1 is 1.03 bits per heavy atom. The third kappa shape index (κ3) is 7.31. The van der Waals surface area contributed by atoms with E-state index in [4.69, 9.17) is 9.47 Å². The van der Waals surface area contributed by atoms with Crippen molar-refractivity contribution in [1.29, 1.82) is 0 Å². The van der Waals surface area contributed by atoms with E-state index < -0.39 is 6.04 Å². The third-order valence-corrected chi connectivity index (χ3v) is 4.96. The number of hydrogen-bond acceptors (Lipinski definition) is 4. The highest BCUT2D eigenvalue weighted by Crippen LogP contribution is 2.26. The molecular formula is C25H34N2O4. The molecule has 0 saturated heterocycles. The molecule has 0 aliphatic rings. The molecule has 0 heterocycles. The lowest BCUT2D eigenvalue weighted by molar-refractivity contribution is -0.143. The highest BCUT2D eigenvalue weighted by molar-refractivity contribution is 5.88. The summed E-state index contributed by atoms with van der Waals surface area (Å²) in [4.78, 5) is 27.7. The van der Waals surface area contributed by atoms with Crippen LogP contribution in [0, 0.1) is 12.8 Å². The molecule has 0 spiro atoms. The maximum Gasteiger partial charge on any atom is 0.261 e. The van der Waals surface area contributed by atoms with E-state index in [0.717, 1.165) is 11.1 Å². The zero-order chi connectivity index (χ0) is 22.8. The number of methoxy groups -OCH3 is 1. The maximum atomic E-state index is 13.2. The molecule has 0 bridgehead atoms. The van der Waals surface area contributed by atoms with Gasteiger partial charge in [0.1, 0.15) is 6.04 Å². The van der Waals surface area contributed by atoms with Gasteiger partial charge in [-0.25, -0.2) is 0 Å². The molecule has 6 heteroatoms. The average molecular weight is 427 g/mol. The van der Waals surface area contributed by atoms with Crippen LogP contribution in [-0.4, -0.2) is 43.0 Å². The van der Waals surface area contributed by atoms with Crippen LogP contribution >= 0.6 is 0 Å². The molecule has 6 nitrogen and oxygen atoms in total. The highest BCUT2D eigenvalue weighted by atomic mass is 16.5. The van der Waals surface area contributed by atoms with E-state index in [0.29, 0.717) is 36.9 Å². The molecule has 0 radical (unpaired) electrons. The van der Waals surface area contributed by atoms with Gasteiger partial charge in [-0.15, -0.1) is 0 Å². The highest BCUT2D eigenvalue weighted by Gasteiger charge is 2.29. The Morgan fingerprint density at radius 3 is 2.26 bits per heavy atom. The predicted octanol–water partition coefficient (Wildman–Crippen LogP) is 3.96. The SMILES string of the molecule is CCC(C(=O)NCC(C)C)N(Cc1ccc(C)cc1)C(=O)COc1ccccc1OC. The fraction of sp³-hybridized carbons (Fsp3) is 0.440. The molecule has 1 N–H and O–H groups in total. The van der Waals surface area contributed by atoms with E-state index >= 15 is 0 Å². The van der Waals surface area contributed by atoms with Crippen LogP contribution in [0.2, 0.25) is 0 Å². The van der Waals surface area contributed by atoms with E-state index in [2.05, 4.69) is 5.32 Å². The van der Waals surface area contributed by atoms with Crippen LogP contribution in [0.3, 0.4) is 0 Å². The zero-order valence-electron chi connectivity index (χ0n) is 19.2. The lowest BCUT2D eigenvalue weighted by atomic mass is 10.1. The van der Waals surface area contributed by atoms with Crippen molar-refractivity contribution in [2.24, 2.45) is 5.92 Å². The second-order valence-corrected chi connectivity index (χ2v) is 8.01. The van der Waals surface area contributed by atoms with Crippen LogP contribution in [0.1, 0.15) is 38.3 Å². The minimum atomic E-state index is -0.575. The fourth-order valence-electron chi connectivity index (χ4n) is 3.19. The van der Waals surface area contributed by atoms with Crippen LogP contribution in [0.25, 0.3) is 0 Å². The number of nitrogens with zero attached hydrogens (tertiary/aromatic N) is 1. The Hall–Kier alpha value is -3.02. The van der Waals surface area contributed by atoms with Crippen LogP contribution < -0.4 is 14.8 Å². The van der Waals surface area contributed by atoms with Crippen LogP contribution in [0.15, 0.2) is 48.5 Å². The summed E-state index contributed by atoms with van der Waals surface area (Å²) in [6, 6.07) is 14.6. The topological polar surface area (TPSA) is 67.9 Å². The minimum absolute atomic E-state index is 0.144. The number of rotatable bonds is 11. The summed E-state index contributed by atoms with van der Waals surface area (Å²) in [5.74, 6) is 0.983. The number of nitrogens with one attached hydrogen (secondary N) is 1. The smallest absolute Gasteiger partial charge is 0.261 e. The molecule has 2 aromatic carbocycles. The second kappa shape index (κ2) is 12.0. The summed E-state index contributed by atoms with van der Waals surface area (Å²) in [6.07, 6.45) is 0.510. The first-order valence-corrected chi connectivity index (χ1v) is 10.7. The molecule has 2 aromatic rings. The number of carbonyl (C=O) groups is 2. The number of carbonyl (C=O) groups excluding carboxylic acids is 2. The average Bonchev–Trinajstić information content (AvgIpc) is 2.77. The van der Waals surface area contributed by atoms with Crippen molar-refractivity contribution in [2.45, 2.75) is 46.7 Å². The second-order valence-electron chi connectivity index (χ2n) is 8.01. The van der Waals surface area contributed by atoms with E-state index in [-0.39, 0.29) is 18.4 Å². The van der Waals surface area contributed by atoms with Gasteiger partial charge in [0, 0.05) is 13.1 Å². The lowest BCUT2D eigenvalue weighted by Crippen LogP contribution is -2.50. The molecule has 0 aromatic heterocycles. The number of ether oxygens (including phenoxy) is 2. The molecule has 0 fully saturated rings. The fourth-order valence-corrected chi connectivity index (χ4v) is 3.19. The molecule has 31 heavy (non-hydrogen) atoms. The van der Waals surface area contributed by atoms with Crippen molar-refractivity contribution in [3.8, 4) is 11.5 Å². The minimum Gasteiger partial charge on any atom is -0.493 e. The van der Waals surface area contributed by atoms with Gasteiger partial charge in [-0.05, 0) is 37.0 Å². The zero-order valence-corrected chi connectivity index (χ0v) is 19.2. The molecule has 0 aliphatic heterocycles. The van der Waals surface area contributed by atoms with Crippen molar-refractivity contribution in [3.05, 3.63) is 59.7 Å². The Kier molecular flexibility index (Phi) is 9.38. The van der Waals surface area contributed by atoms with Crippen molar-refractivity contribution in [3.63, 3.8) is 0 Å². The van der Waals surface area contributed by atoms with Crippen molar-refractivity contribution >= 4 is 11.8 Å². The standard InChI is InChI=1S/C25H34N2O4/c1-6-21(25(29)26-15-18(2)3)27(16-20-13-11-19(4)12-14-20)24(28)17-31-23-10-8-7-9-22(23)30-5/h7-14,18,21H,6,15-17H2,1-5H3,(H,26,29). The summed E-state index contributed by atoms with van der Waals surface area (Å²) in [7, 11) is 1.56. The van der Waals surface area contributed by atoms with Gasteiger partial charge < -0.3 is 19.7 Å². The van der Waals surface area contributed by atoms with E-state index in [1.165, 1.54) is 0 Å². The Balaban J connectivity index is 2.20. The largest absolute Gasteiger partial charge is 0.493 e. The van der Waals surface area contributed by atoms with Gasteiger partial charge in [0.2, 0.25) is 5.91 Å². The molecule has 1 unspecified atom stereocenters. The Bertz CT molecular complexity index is 849. The lowest BCUT2D eigenvalue weighted by Gasteiger charge is -2.31. The van der Waals surface area contributed by atoms with Crippen LogP contribution in [-0.2, 0) is 16.1 Å².